The second-order valence-electron chi connectivity index (χ2n) is 2.29. The van der Waals surface area contributed by atoms with Crippen molar-refractivity contribution in [1.29, 1.82) is 0 Å². The van der Waals surface area contributed by atoms with Gasteiger partial charge in [0, 0.05) is 22.6 Å². The van der Waals surface area contributed by atoms with Gasteiger partial charge in [0.1, 0.15) is 0 Å². The Hall–Kier alpha value is -0.340. The van der Waals surface area contributed by atoms with Gasteiger partial charge in [0.15, 0.2) is 0 Å². The van der Waals surface area contributed by atoms with Crippen LogP contribution in [0.2, 0.25) is 0 Å². The number of hydrogen-bond donors (Lipinski definition) is 0. The fourth-order valence-electron chi connectivity index (χ4n) is 0.441. The van der Waals surface area contributed by atoms with Gasteiger partial charge in [-0.25, -0.2) is 4.79 Å². The van der Waals surface area contributed by atoms with E-state index in [1.165, 1.54) is 6.08 Å². The first kappa shape index (κ1) is 13.7. The summed E-state index contributed by atoms with van der Waals surface area (Å²) in [4.78, 5) is 10.5. The van der Waals surface area contributed by atoms with Crippen LogP contribution in [-0.2, 0) is 9.53 Å². The summed E-state index contributed by atoms with van der Waals surface area (Å²) < 4.78 is 48.8. The highest BCUT2D eigenvalue weighted by molar-refractivity contribution is 14.1. The fourth-order valence-corrected chi connectivity index (χ4v) is 0.662. The molecule has 0 fully saturated rings. The maximum Gasteiger partial charge on any atom is 0.413 e. The molecular formula is C7H7F4IO2. The molecule has 2 nitrogen and oxygen atoms in total. The molecule has 0 aromatic carbocycles. The molecule has 0 aliphatic heterocycles. The Morgan fingerprint density at radius 2 is 1.93 bits per heavy atom. The van der Waals surface area contributed by atoms with Crippen LogP contribution in [0.4, 0.5) is 17.6 Å². The first-order chi connectivity index (χ1) is 6.23. The van der Waals surface area contributed by atoms with Crippen LogP contribution in [0, 0.1) is 0 Å². The van der Waals surface area contributed by atoms with Crippen molar-refractivity contribution in [3.05, 3.63) is 12.7 Å². The zero-order valence-electron chi connectivity index (χ0n) is 6.90. The number of carbonyl (C=O) groups is 1. The molecule has 0 rings (SSSR count). The summed E-state index contributed by atoms with van der Waals surface area (Å²) in [7, 11) is 0. The van der Waals surface area contributed by atoms with Gasteiger partial charge in [-0.05, 0) is 6.42 Å². The van der Waals surface area contributed by atoms with E-state index in [9.17, 15) is 22.4 Å². The highest BCUT2D eigenvalue weighted by Gasteiger charge is 2.61. The van der Waals surface area contributed by atoms with Crippen LogP contribution in [0.3, 0.4) is 0 Å². The third kappa shape index (κ3) is 3.43. The molecule has 0 amide bonds. The molecule has 0 aromatic rings. The number of alkyl halides is 5. The van der Waals surface area contributed by atoms with Gasteiger partial charge in [0.05, 0.1) is 6.61 Å². The first-order valence-corrected chi connectivity index (χ1v) is 4.54. The Balaban J connectivity index is 4.29. The lowest BCUT2D eigenvalue weighted by Crippen LogP contribution is -2.44. The normalized spacial score (nSPS) is 12.4. The molecule has 0 unspecified atom stereocenters. The van der Waals surface area contributed by atoms with Gasteiger partial charge in [0.25, 0.3) is 0 Å². The van der Waals surface area contributed by atoms with E-state index < -0.39 is 15.8 Å². The highest BCUT2D eigenvalue weighted by atomic mass is 127. The van der Waals surface area contributed by atoms with Gasteiger partial charge in [-0.2, -0.15) is 17.6 Å². The van der Waals surface area contributed by atoms with Crippen molar-refractivity contribution in [3.63, 3.8) is 0 Å². The molecule has 0 atom stereocenters. The number of halogens is 5. The largest absolute Gasteiger partial charge is 0.461 e. The van der Waals surface area contributed by atoms with Crippen molar-refractivity contribution >= 4 is 28.6 Å². The molecule has 0 aromatic heterocycles. The minimum atomic E-state index is -4.80. The topological polar surface area (TPSA) is 26.3 Å². The Morgan fingerprint density at radius 3 is 2.29 bits per heavy atom. The third-order valence-electron chi connectivity index (χ3n) is 1.17. The standard InChI is InChI=1S/C7H7F4IO2/c1-2-3-4-14-5(13)6(8,9)7(10,11)12/h2H,1,3-4H2. The molecule has 14 heavy (non-hydrogen) atoms. The SMILES string of the molecule is C=CCCOC(=O)C(F)(F)C(F)(F)I. The molecule has 0 aliphatic carbocycles. The number of esters is 1. The van der Waals surface area contributed by atoms with Crippen molar-refractivity contribution in [1.82, 2.24) is 0 Å². The number of carbonyl (C=O) groups excluding carboxylic acids is 1. The van der Waals surface area contributed by atoms with Gasteiger partial charge in [-0.1, -0.05) is 6.08 Å². The summed E-state index contributed by atoms with van der Waals surface area (Å²) in [5.41, 5.74) is 0. The maximum atomic E-state index is 12.5. The molecule has 0 bridgehead atoms. The van der Waals surface area contributed by atoms with Crippen LogP contribution in [0.15, 0.2) is 12.7 Å². The summed E-state index contributed by atoms with van der Waals surface area (Å²) in [6, 6.07) is 0. The van der Waals surface area contributed by atoms with Crippen LogP contribution < -0.4 is 0 Å². The fraction of sp³-hybridized carbons (Fsp3) is 0.571. The second-order valence-corrected chi connectivity index (χ2v) is 3.64. The lowest BCUT2D eigenvalue weighted by atomic mass is 10.3. The Kier molecular flexibility index (Phi) is 4.82. The Bertz CT molecular complexity index is 224. The Morgan fingerprint density at radius 1 is 1.43 bits per heavy atom. The summed E-state index contributed by atoms with van der Waals surface area (Å²) in [5, 5.41) is 0. The number of hydrogen-bond acceptors (Lipinski definition) is 2. The van der Waals surface area contributed by atoms with E-state index in [0.29, 0.717) is 0 Å². The van der Waals surface area contributed by atoms with Gasteiger partial charge in [0.2, 0.25) is 0 Å². The summed E-state index contributed by atoms with van der Waals surface area (Å²) >= 11 is 0.191. The average Bonchev–Trinajstić information content (AvgIpc) is 2.02. The van der Waals surface area contributed by atoms with Crippen LogP contribution in [0.5, 0.6) is 0 Å². The van der Waals surface area contributed by atoms with Gasteiger partial charge >= 0.3 is 15.8 Å². The predicted molar refractivity (Wildman–Crippen MR) is 49.7 cm³/mol. The number of ether oxygens (including phenoxy) is 1. The molecule has 0 aliphatic rings. The van der Waals surface area contributed by atoms with Crippen LogP contribution in [-0.4, -0.2) is 22.4 Å². The molecule has 0 saturated heterocycles. The minimum absolute atomic E-state index is 0.134. The van der Waals surface area contributed by atoms with Crippen LogP contribution >= 0.6 is 22.6 Å². The number of rotatable bonds is 5. The Labute approximate surface area is 91.4 Å². The highest BCUT2D eigenvalue weighted by Crippen LogP contribution is 2.40. The molecular weight excluding hydrogens is 319 g/mol. The molecule has 7 heteroatoms. The minimum Gasteiger partial charge on any atom is -0.461 e. The second kappa shape index (κ2) is 4.94. The zero-order chi connectivity index (χ0) is 11.4. The van der Waals surface area contributed by atoms with Gasteiger partial charge in [-0.15, -0.1) is 6.58 Å². The van der Waals surface area contributed by atoms with Crippen molar-refractivity contribution in [2.75, 3.05) is 6.61 Å². The predicted octanol–water partition coefficient (Wildman–Crippen LogP) is 2.77. The van der Waals surface area contributed by atoms with Crippen molar-refractivity contribution in [3.8, 4) is 0 Å². The van der Waals surface area contributed by atoms with E-state index in [1.807, 2.05) is 0 Å². The van der Waals surface area contributed by atoms with E-state index in [1.54, 1.807) is 0 Å². The van der Waals surface area contributed by atoms with E-state index >= 15 is 0 Å². The van der Waals surface area contributed by atoms with Crippen LogP contribution in [0.25, 0.3) is 0 Å². The zero-order valence-corrected chi connectivity index (χ0v) is 9.06. The van der Waals surface area contributed by atoms with E-state index in [0.717, 1.165) is 0 Å². The van der Waals surface area contributed by atoms with E-state index in [4.69, 9.17) is 0 Å². The molecule has 0 spiro atoms. The summed E-state index contributed by atoms with van der Waals surface area (Å²) in [5.74, 6) is -7.02. The van der Waals surface area contributed by atoms with Crippen molar-refractivity contribution < 1.29 is 27.1 Å². The summed E-state index contributed by atoms with van der Waals surface area (Å²) in [6.07, 6.45) is 1.45. The molecule has 0 radical (unpaired) electrons. The molecule has 0 heterocycles. The smallest absolute Gasteiger partial charge is 0.413 e. The molecule has 0 saturated carbocycles. The average molecular weight is 326 g/mol. The summed E-state index contributed by atoms with van der Waals surface area (Å²) in [6.45, 7) is 2.86. The van der Waals surface area contributed by atoms with E-state index in [2.05, 4.69) is 11.3 Å². The lowest BCUT2D eigenvalue weighted by molar-refractivity contribution is -0.197. The lowest BCUT2D eigenvalue weighted by Gasteiger charge is -2.19. The maximum absolute atomic E-state index is 12.5. The van der Waals surface area contributed by atoms with Crippen molar-refractivity contribution in [2.24, 2.45) is 0 Å². The monoisotopic (exact) mass is 326 g/mol. The van der Waals surface area contributed by atoms with Crippen LogP contribution in [0.1, 0.15) is 6.42 Å². The quantitative estimate of drug-likeness (QED) is 0.194. The van der Waals surface area contributed by atoms with Crippen molar-refractivity contribution in [2.45, 2.75) is 16.3 Å². The molecule has 0 N–H and O–H groups in total. The third-order valence-corrected chi connectivity index (χ3v) is 1.84. The molecule has 82 valence electrons. The van der Waals surface area contributed by atoms with Gasteiger partial charge < -0.3 is 4.74 Å². The van der Waals surface area contributed by atoms with Gasteiger partial charge in [-0.3, -0.25) is 0 Å². The van der Waals surface area contributed by atoms with E-state index in [-0.39, 0.29) is 35.6 Å². The first-order valence-electron chi connectivity index (χ1n) is 3.46.